The van der Waals surface area contributed by atoms with Crippen LogP contribution in [0.3, 0.4) is 0 Å². The highest BCUT2D eigenvalue weighted by Gasteiger charge is 2.18. The van der Waals surface area contributed by atoms with E-state index in [0.29, 0.717) is 0 Å². The molecule has 0 fully saturated rings. The van der Waals surface area contributed by atoms with Gasteiger partial charge in [-0.1, -0.05) is 32.6 Å². The smallest absolute Gasteiger partial charge is 0.272 e. The van der Waals surface area contributed by atoms with Gasteiger partial charge in [0.25, 0.3) is 5.69 Å². The van der Waals surface area contributed by atoms with Gasteiger partial charge in [0.1, 0.15) is 5.69 Å². The first kappa shape index (κ1) is 17.5. The average molecular weight is 308 g/mol. The molecule has 0 aromatic heterocycles. The molecule has 0 unspecified atom stereocenters. The fourth-order valence-corrected chi connectivity index (χ4v) is 1.90. The first-order valence-corrected chi connectivity index (χ1v) is 7.26. The van der Waals surface area contributed by atoms with Crippen LogP contribution >= 0.6 is 0 Å². The van der Waals surface area contributed by atoms with Crippen molar-refractivity contribution in [2.75, 3.05) is 5.43 Å². The summed E-state index contributed by atoms with van der Waals surface area (Å²) in [5.41, 5.74) is 2.02. The lowest BCUT2D eigenvalue weighted by Gasteiger charge is -2.02. The van der Waals surface area contributed by atoms with E-state index in [4.69, 9.17) is 0 Å². The molecule has 0 aliphatic heterocycles. The van der Waals surface area contributed by atoms with Crippen molar-refractivity contribution in [1.29, 1.82) is 0 Å². The fourth-order valence-electron chi connectivity index (χ4n) is 1.90. The van der Waals surface area contributed by atoms with E-state index in [9.17, 15) is 20.2 Å². The summed E-state index contributed by atoms with van der Waals surface area (Å²) in [7, 11) is 0. The van der Waals surface area contributed by atoms with Gasteiger partial charge in [-0.2, -0.15) is 5.10 Å². The Hall–Kier alpha value is -2.51. The average Bonchev–Trinajstić information content (AvgIpc) is 2.49. The topological polar surface area (TPSA) is 111 Å². The molecule has 1 N–H and O–H groups in total. The van der Waals surface area contributed by atoms with Gasteiger partial charge in [-0.15, -0.1) is 0 Å². The highest BCUT2D eigenvalue weighted by molar-refractivity contribution is 5.67. The van der Waals surface area contributed by atoms with Gasteiger partial charge in [0, 0.05) is 12.3 Å². The summed E-state index contributed by atoms with van der Waals surface area (Å²) >= 11 is 0. The second-order valence-electron chi connectivity index (χ2n) is 4.84. The molecule has 0 heterocycles. The van der Waals surface area contributed by atoms with Gasteiger partial charge in [-0.3, -0.25) is 25.7 Å². The van der Waals surface area contributed by atoms with Crippen LogP contribution in [0.4, 0.5) is 17.1 Å². The highest BCUT2D eigenvalue weighted by atomic mass is 16.6. The lowest BCUT2D eigenvalue weighted by molar-refractivity contribution is -0.393. The van der Waals surface area contributed by atoms with Gasteiger partial charge in [-0.05, 0) is 18.9 Å². The monoisotopic (exact) mass is 308 g/mol. The molecular weight excluding hydrogens is 288 g/mol. The molecular formula is C14H20N4O4. The molecule has 22 heavy (non-hydrogen) atoms. The van der Waals surface area contributed by atoms with E-state index in [1.807, 2.05) is 0 Å². The van der Waals surface area contributed by atoms with Crippen molar-refractivity contribution in [2.24, 2.45) is 5.10 Å². The number of benzene rings is 1. The molecule has 0 aliphatic rings. The van der Waals surface area contributed by atoms with Crippen LogP contribution in [0.1, 0.15) is 45.4 Å². The number of nitro benzene ring substituents is 2. The van der Waals surface area contributed by atoms with E-state index in [2.05, 4.69) is 17.5 Å². The molecule has 1 rings (SSSR count). The van der Waals surface area contributed by atoms with Crippen molar-refractivity contribution >= 4 is 23.3 Å². The summed E-state index contributed by atoms with van der Waals surface area (Å²) in [4.78, 5) is 20.2. The Morgan fingerprint density at radius 2 is 1.86 bits per heavy atom. The molecule has 0 saturated carbocycles. The van der Waals surface area contributed by atoms with Crippen LogP contribution in [0.25, 0.3) is 0 Å². The van der Waals surface area contributed by atoms with Crippen molar-refractivity contribution in [3.05, 3.63) is 38.4 Å². The summed E-state index contributed by atoms with van der Waals surface area (Å²) < 4.78 is 0. The minimum absolute atomic E-state index is 0.137. The van der Waals surface area contributed by atoms with Crippen molar-refractivity contribution < 1.29 is 9.85 Å². The Morgan fingerprint density at radius 1 is 1.14 bits per heavy atom. The highest BCUT2D eigenvalue weighted by Crippen LogP contribution is 2.28. The van der Waals surface area contributed by atoms with Crippen molar-refractivity contribution in [2.45, 2.75) is 45.4 Å². The fraction of sp³-hybridized carbons (Fsp3) is 0.500. The molecule has 0 atom stereocenters. The SMILES string of the molecule is CCCCCCC/C=N\Nc1ccc([N+](=O)[O-])cc1[N+](=O)[O-]. The van der Waals surface area contributed by atoms with Gasteiger partial charge in [0.15, 0.2) is 0 Å². The van der Waals surface area contributed by atoms with Crippen LogP contribution in [0.2, 0.25) is 0 Å². The Bertz CT molecular complexity index is 546. The van der Waals surface area contributed by atoms with Crippen LogP contribution in [-0.2, 0) is 0 Å². The van der Waals surface area contributed by atoms with Crippen LogP contribution in [0, 0.1) is 20.2 Å². The zero-order valence-electron chi connectivity index (χ0n) is 12.5. The molecule has 1 aromatic rings. The molecule has 1 aromatic carbocycles. The van der Waals surface area contributed by atoms with Crippen molar-refractivity contribution in [3.8, 4) is 0 Å². The van der Waals surface area contributed by atoms with Crippen LogP contribution < -0.4 is 5.43 Å². The largest absolute Gasteiger partial charge is 0.301 e. The third kappa shape index (κ3) is 5.86. The van der Waals surface area contributed by atoms with E-state index in [0.717, 1.165) is 25.3 Å². The van der Waals surface area contributed by atoms with E-state index in [1.54, 1.807) is 6.21 Å². The van der Waals surface area contributed by atoms with Gasteiger partial charge in [0.2, 0.25) is 0 Å². The third-order valence-corrected chi connectivity index (χ3v) is 3.10. The molecule has 0 radical (unpaired) electrons. The number of non-ortho nitro benzene ring substituents is 1. The zero-order chi connectivity index (χ0) is 16.4. The number of nitrogens with zero attached hydrogens (tertiary/aromatic N) is 3. The molecule has 0 saturated heterocycles. The third-order valence-electron chi connectivity index (χ3n) is 3.10. The van der Waals surface area contributed by atoms with Gasteiger partial charge < -0.3 is 0 Å². The number of nitrogens with one attached hydrogen (secondary N) is 1. The molecule has 120 valence electrons. The van der Waals surface area contributed by atoms with Crippen LogP contribution in [0.15, 0.2) is 23.3 Å². The molecule has 0 bridgehead atoms. The maximum absolute atomic E-state index is 10.9. The molecule has 8 nitrogen and oxygen atoms in total. The Kier molecular flexibility index (Phi) is 7.52. The summed E-state index contributed by atoms with van der Waals surface area (Å²) in [6.45, 7) is 2.16. The Morgan fingerprint density at radius 3 is 2.50 bits per heavy atom. The Balaban J connectivity index is 2.54. The minimum atomic E-state index is -0.671. The zero-order valence-corrected chi connectivity index (χ0v) is 12.5. The van der Waals surface area contributed by atoms with E-state index >= 15 is 0 Å². The van der Waals surface area contributed by atoms with Crippen molar-refractivity contribution in [3.63, 3.8) is 0 Å². The first-order valence-electron chi connectivity index (χ1n) is 7.26. The predicted octanol–water partition coefficient (Wildman–Crippen LogP) is 4.26. The number of hydrogen-bond donors (Lipinski definition) is 1. The van der Waals surface area contributed by atoms with Gasteiger partial charge in [-0.25, -0.2) is 0 Å². The number of hydrazone groups is 1. The number of hydrogen-bond acceptors (Lipinski definition) is 6. The predicted molar refractivity (Wildman–Crippen MR) is 85.2 cm³/mol. The van der Waals surface area contributed by atoms with E-state index in [-0.39, 0.29) is 17.1 Å². The van der Waals surface area contributed by atoms with Crippen LogP contribution in [0.5, 0.6) is 0 Å². The second-order valence-corrected chi connectivity index (χ2v) is 4.84. The number of unbranched alkanes of at least 4 members (excludes halogenated alkanes) is 5. The summed E-state index contributed by atoms with van der Waals surface area (Å²) in [6, 6.07) is 3.41. The molecule has 0 spiro atoms. The van der Waals surface area contributed by atoms with Gasteiger partial charge in [0.05, 0.1) is 15.9 Å². The lowest BCUT2D eigenvalue weighted by Crippen LogP contribution is -1.98. The summed E-state index contributed by atoms with van der Waals surface area (Å²) in [5.74, 6) is 0. The molecule has 8 heteroatoms. The lowest BCUT2D eigenvalue weighted by atomic mass is 10.1. The summed E-state index contributed by atoms with van der Waals surface area (Å²) in [5, 5.41) is 25.5. The molecule has 0 aliphatic carbocycles. The standard InChI is InChI=1S/C14H20N4O4/c1-2-3-4-5-6-7-10-15-16-13-9-8-12(17(19)20)11-14(13)18(21)22/h8-11,16H,2-7H2,1H3/b15-10-. The van der Waals surface area contributed by atoms with E-state index in [1.165, 1.54) is 31.4 Å². The first-order chi connectivity index (χ1) is 10.6. The van der Waals surface area contributed by atoms with E-state index < -0.39 is 9.85 Å². The van der Waals surface area contributed by atoms with Crippen molar-refractivity contribution in [1.82, 2.24) is 0 Å². The quantitative estimate of drug-likeness (QED) is 0.300. The second kappa shape index (κ2) is 9.43. The van der Waals surface area contributed by atoms with Gasteiger partial charge >= 0.3 is 5.69 Å². The van der Waals surface area contributed by atoms with Crippen LogP contribution in [-0.4, -0.2) is 16.1 Å². The maximum atomic E-state index is 10.9. The Labute approximate surface area is 128 Å². The maximum Gasteiger partial charge on any atom is 0.301 e. The minimum Gasteiger partial charge on any atom is -0.272 e. The normalized spacial score (nSPS) is 10.8. The molecule has 0 amide bonds. The summed E-state index contributed by atoms with van der Waals surface area (Å²) in [6.07, 6.45) is 8.23. The number of anilines is 1. The number of rotatable bonds is 10. The number of nitro groups is 2.